The molecule has 0 spiro atoms. The Morgan fingerprint density at radius 2 is 1.60 bits per heavy atom. The number of aromatic nitrogens is 1. The predicted octanol–water partition coefficient (Wildman–Crippen LogP) is 4.53. The maximum absolute atomic E-state index is 13.4. The average Bonchev–Trinajstić information content (AvgIpc) is 2.90. The van der Waals surface area contributed by atoms with E-state index in [1.807, 2.05) is 55.4 Å². The van der Waals surface area contributed by atoms with Crippen molar-refractivity contribution in [1.29, 1.82) is 0 Å². The molecule has 1 fully saturated rings. The van der Waals surface area contributed by atoms with Crippen molar-refractivity contribution in [2.24, 2.45) is 5.92 Å². The molecule has 1 aliphatic rings. The quantitative estimate of drug-likeness (QED) is 0.449. The second-order valence-electron chi connectivity index (χ2n) is 9.10. The Hall–Kier alpha value is -3.58. The summed E-state index contributed by atoms with van der Waals surface area (Å²) in [4.78, 5) is 36.5. The Kier molecular flexibility index (Phi) is 7.87. The van der Waals surface area contributed by atoms with E-state index >= 15 is 0 Å². The first-order valence-electron chi connectivity index (χ1n) is 11.9. The van der Waals surface area contributed by atoms with Gasteiger partial charge in [0, 0.05) is 56.1 Å². The van der Waals surface area contributed by atoms with Crippen LogP contribution in [0.5, 0.6) is 0 Å². The van der Waals surface area contributed by atoms with Gasteiger partial charge in [-0.1, -0.05) is 0 Å². The van der Waals surface area contributed by atoms with Gasteiger partial charge in [-0.2, -0.15) is 0 Å². The summed E-state index contributed by atoms with van der Waals surface area (Å²) in [6, 6.07) is 17.1. The van der Waals surface area contributed by atoms with Gasteiger partial charge >= 0.3 is 0 Å². The second kappa shape index (κ2) is 11.2. The van der Waals surface area contributed by atoms with Crippen LogP contribution in [0.15, 0.2) is 73.1 Å². The maximum Gasteiger partial charge on any atom is 0.258 e. The van der Waals surface area contributed by atoms with E-state index in [-0.39, 0.29) is 23.4 Å². The first kappa shape index (κ1) is 24.5. The minimum absolute atomic E-state index is 0.0528. The monoisotopic (exact) mass is 474 g/mol. The number of benzene rings is 2. The summed E-state index contributed by atoms with van der Waals surface area (Å²) < 4.78 is 13.2. The molecule has 0 N–H and O–H groups in total. The first-order chi connectivity index (χ1) is 16.9. The zero-order chi connectivity index (χ0) is 24.8. The number of likely N-dealkylation sites (tertiary alicyclic amines) is 1. The van der Waals surface area contributed by atoms with Crippen LogP contribution in [-0.2, 0) is 0 Å². The molecule has 2 heterocycles. The summed E-state index contributed by atoms with van der Waals surface area (Å²) >= 11 is 0. The molecule has 182 valence electrons. The number of carbonyl (C=O) groups excluding carboxylic acids is 2. The van der Waals surface area contributed by atoms with Crippen LogP contribution in [-0.4, -0.2) is 61.8 Å². The van der Waals surface area contributed by atoms with Gasteiger partial charge in [-0.05, 0) is 86.6 Å². The molecule has 1 aliphatic heterocycles. The highest BCUT2D eigenvalue weighted by Gasteiger charge is 2.27. The van der Waals surface area contributed by atoms with E-state index in [9.17, 15) is 14.0 Å². The summed E-state index contributed by atoms with van der Waals surface area (Å²) in [6.07, 6.45) is 4.91. The lowest BCUT2D eigenvalue weighted by molar-refractivity contribution is 0.0841. The number of rotatable bonds is 8. The lowest BCUT2D eigenvalue weighted by Crippen LogP contribution is -2.43. The van der Waals surface area contributed by atoms with Crippen molar-refractivity contribution in [2.45, 2.75) is 12.8 Å². The van der Waals surface area contributed by atoms with Crippen molar-refractivity contribution >= 4 is 23.1 Å². The van der Waals surface area contributed by atoms with Gasteiger partial charge in [0.2, 0.25) is 0 Å². The molecule has 7 heteroatoms. The number of nitrogens with zero attached hydrogens (tertiary/aromatic N) is 4. The highest BCUT2D eigenvalue weighted by atomic mass is 19.1. The molecule has 0 unspecified atom stereocenters. The van der Waals surface area contributed by atoms with Crippen LogP contribution in [0.25, 0.3) is 0 Å². The van der Waals surface area contributed by atoms with Gasteiger partial charge < -0.3 is 14.7 Å². The Morgan fingerprint density at radius 1 is 0.943 bits per heavy atom. The molecule has 0 atom stereocenters. The largest absolute Gasteiger partial charge is 0.378 e. The van der Waals surface area contributed by atoms with Crippen LogP contribution in [0.1, 0.15) is 33.6 Å². The number of ketones is 1. The van der Waals surface area contributed by atoms with Crippen molar-refractivity contribution < 1.29 is 14.0 Å². The standard InChI is InChI=1S/C28H31FN4O2/c1-31(2)25-11-7-23(8-12-25)28(35)33(26-4-3-15-30-20-26)19-18-32-16-13-22(14-17-32)27(34)21-5-9-24(29)10-6-21/h3-12,15,20,22H,13-14,16-19H2,1-2H3. The van der Waals surface area contributed by atoms with Crippen LogP contribution in [0, 0.1) is 11.7 Å². The summed E-state index contributed by atoms with van der Waals surface area (Å²) in [5.74, 6) is -0.372. The maximum atomic E-state index is 13.4. The Morgan fingerprint density at radius 3 is 2.20 bits per heavy atom. The van der Waals surface area contributed by atoms with Crippen LogP contribution in [0.2, 0.25) is 0 Å². The second-order valence-corrected chi connectivity index (χ2v) is 9.10. The number of Topliss-reactive ketones (excluding diaryl/α,β-unsaturated/α-hetero) is 1. The number of carbonyl (C=O) groups is 2. The molecular formula is C28H31FN4O2. The van der Waals surface area contributed by atoms with Gasteiger partial charge in [0.25, 0.3) is 5.91 Å². The SMILES string of the molecule is CN(C)c1ccc(C(=O)N(CCN2CCC(C(=O)c3ccc(F)cc3)CC2)c2cccnc2)cc1. The van der Waals surface area contributed by atoms with Gasteiger partial charge in [-0.3, -0.25) is 14.6 Å². The molecule has 0 saturated carbocycles. The van der Waals surface area contributed by atoms with Crippen molar-refractivity contribution in [3.8, 4) is 0 Å². The molecular weight excluding hydrogens is 443 g/mol. The smallest absolute Gasteiger partial charge is 0.258 e. The lowest BCUT2D eigenvalue weighted by atomic mass is 9.89. The molecule has 1 saturated heterocycles. The molecule has 1 amide bonds. The van der Waals surface area contributed by atoms with E-state index in [1.165, 1.54) is 12.1 Å². The molecule has 0 aliphatic carbocycles. The Bertz CT molecular complexity index is 1130. The third-order valence-corrected chi connectivity index (χ3v) is 6.56. The normalized spacial score (nSPS) is 14.5. The van der Waals surface area contributed by atoms with E-state index < -0.39 is 0 Å². The molecule has 3 aromatic rings. The Balaban J connectivity index is 1.38. The molecule has 4 rings (SSSR count). The summed E-state index contributed by atoms with van der Waals surface area (Å²) in [5.41, 5.74) is 2.99. The number of pyridine rings is 1. The summed E-state index contributed by atoms with van der Waals surface area (Å²) in [5, 5.41) is 0. The molecule has 0 radical (unpaired) electrons. The van der Waals surface area contributed by atoms with Crippen molar-refractivity contribution in [1.82, 2.24) is 9.88 Å². The molecule has 0 bridgehead atoms. The molecule has 6 nitrogen and oxygen atoms in total. The fourth-order valence-corrected chi connectivity index (χ4v) is 4.43. The zero-order valence-corrected chi connectivity index (χ0v) is 20.2. The van der Waals surface area contributed by atoms with Gasteiger partial charge in [-0.15, -0.1) is 0 Å². The molecule has 1 aromatic heterocycles. The van der Waals surface area contributed by atoms with E-state index in [4.69, 9.17) is 0 Å². The predicted molar refractivity (Wildman–Crippen MR) is 137 cm³/mol. The van der Waals surface area contributed by atoms with Crippen LogP contribution in [0.4, 0.5) is 15.8 Å². The van der Waals surface area contributed by atoms with E-state index in [0.29, 0.717) is 24.2 Å². The van der Waals surface area contributed by atoms with Crippen molar-refractivity contribution in [2.75, 3.05) is 50.1 Å². The highest BCUT2D eigenvalue weighted by Crippen LogP contribution is 2.23. The fourth-order valence-electron chi connectivity index (χ4n) is 4.43. The number of halogens is 1. The topological polar surface area (TPSA) is 56.8 Å². The van der Waals surface area contributed by atoms with E-state index in [1.54, 1.807) is 29.4 Å². The number of amides is 1. The van der Waals surface area contributed by atoms with Crippen molar-refractivity contribution in [3.05, 3.63) is 90.0 Å². The van der Waals surface area contributed by atoms with Gasteiger partial charge in [0.05, 0.1) is 11.9 Å². The van der Waals surface area contributed by atoms with E-state index in [0.717, 1.165) is 37.3 Å². The number of piperidine rings is 1. The van der Waals surface area contributed by atoms with E-state index in [2.05, 4.69) is 9.88 Å². The first-order valence-corrected chi connectivity index (χ1v) is 11.9. The number of anilines is 2. The highest BCUT2D eigenvalue weighted by molar-refractivity contribution is 6.06. The fraction of sp³-hybridized carbons (Fsp3) is 0.321. The zero-order valence-electron chi connectivity index (χ0n) is 20.2. The minimum atomic E-state index is -0.335. The average molecular weight is 475 g/mol. The summed E-state index contributed by atoms with van der Waals surface area (Å²) in [6.45, 7) is 2.79. The lowest BCUT2D eigenvalue weighted by Gasteiger charge is -2.33. The molecule has 2 aromatic carbocycles. The van der Waals surface area contributed by atoms with Crippen LogP contribution in [0.3, 0.4) is 0 Å². The van der Waals surface area contributed by atoms with Crippen molar-refractivity contribution in [3.63, 3.8) is 0 Å². The van der Waals surface area contributed by atoms with Crippen LogP contribution < -0.4 is 9.80 Å². The summed E-state index contributed by atoms with van der Waals surface area (Å²) in [7, 11) is 3.93. The minimum Gasteiger partial charge on any atom is -0.378 e. The van der Waals surface area contributed by atoms with Gasteiger partial charge in [-0.25, -0.2) is 4.39 Å². The van der Waals surface area contributed by atoms with Gasteiger partial charge in [0.1, 0.15) is 5.82 Å². The van der Waals surface area contributed by atoms with Gasteiger partial charge in [0.15, 0.2) is 5.78 Å². The number of hydrogen-bond donors (Lipinski definition) is 0. The van der Waals surface area contributed by atoms with Crippen LogP contribution >= 0.6 is 0 Å². The Labute approximate surface area is 206 Å². The third kappa shape index (κ3) is 6.11. The third-order valence-electron chi connectivity index (χ3n) is 6.56. The number of hydrogen-bond acceptors (Lipinski definition) is 5. The molecule has 35 heavy (non-hydrogen) atoms.